The van der Waals surface area contributed by atoms with Gasteiger partial charge in [0.05, 0.1) is 5.02 Å². The van der Waals surface area contributed by atoms with Crippen LogP contribution in [0.3, 0.4) is 0 Å². The van der Waals surface area contributed by atoms with Crippen LogP contribution in [-0.4, -0.2) is 5.78 Å². The molecule has 1 nitrogen and oxygen atoms in total. The quantitative estimate of drug-likeness (QED) is 0.642. The summed E-state index contributed by atoms with van der Waals surface area (Å²) in [4.78, 5) is 11.3. The van der Waals surface area contributed by atoms with Gasteiger partial charge in [-0.2, -0.15) is 0 Å². The Hall–Kier alpha value is -0.820. The highest BCUT2D eigenvalue weighted by atomic mass is 35.5. The van der Waals surface area contributed by atoms with E-state index in [1.165, 1.54) is 0 Å². The average molecular weight is 183 g/mol. The maximum atomic E-state index is 11.3. The SMILES string of the molecule is CCC(=O)c1ccc(C)cc1Cl. The van der Waals surface area contributed by atoms with Crippen LogP contribution in [0.15, 0.2) is 18.2 Å². The summed E-state index contributed by atoms with van der Waals surface area (Å²) >= 11 is 5.88. The van der Waals surface area contributed by atoms with Gasteiger partial charge < -0.3 is 0 Å². The van der Waals surface area contributed by atoms with Crippen LogP contribution in [0.5, 0.6) is 0 Å². The number of halogens is 1. The van der Waals surface area contributed by atoms with E-state index >= 15 is 0 Å². The van der Waals surface area contributed by atoms with Crippen molar-refractivity contribution in [2.75, 3.05) is 0 Å². The van der Waals surface area contributed by atoms with E-state index in [1.54, 1.807) is 6.07 Å². The number of hydrogen-bond acceptors (Lipinski definition) is 1. The molecule has 0 fully saturated rings. The van der Waals surface area contributed by atoms with Crippen molar-refractivity contribution in [2.45, 2.75) is 20.3 Å². The predicted molar refractivity (Wildman–Crippen MR) is 50.8 cm³/mol. The molecule has 0 aliphatic heterocycles. The summed E-state index contributed by atoms with van der Waals surface area (Å²) in [5.41, 5.74) is 1.71. The molecule has 2 heteroatoms. The highest BCUT2D eigenvalue weighted by Gasteiger charge is 2.06. The standard InChI is InChI=1S/C10H11ClO/c1-3-10(12)8-5-4-7(2)6-9(8)11/h4-6H,3H2,1-2H3. The Labute approximate surface area is 77.4 Å². The van der Waals surface area contributed by atoms with Gasteiger partial charge in [0.1, 0.15) is 0 Å². The molecule has 1 rings (SSSR count). The Morgan fingerprint density at radius 1 is 1.50 bits per heavy atom. The first-order chi connectivity index (χ1) is 5.65. The second kappa shape index (κ2) is 3.72. The van der Waals surface area contributed by atoms with Crippen LogP contribution >= 0.6 is 11.6 Å². The molecule has 0 amide bonds. The summed E-state index contributed by atoms with van der Waals surface area (Å²) in [7, 11) is 0. The number of carbonyl (C=O) groups excluding carboxylic acids is 1. The van der Waals surface area contributed by atoms with Gasteiger partial charge >= 0.3 is 0 Å². The predicted octanol–water partition coefficient (Wildman–Crippen LogP) is 3.24. The summed E-state index contributed by atoms with van der Waals surface area (Å²) in [6.07, 6.45) is 0.503. The molecule has 0 saturated carbocycles. The van der Waals surface area contributed by atoms with Gasteiger partial charge in [0, 0.05) is 12.0 Å². The Morgan fingerprint density at radius 3 is 2.67 bits per heavy atom. The fourth-order valence-corrected chi connectivity index (χ4v) is 1.38. The number of aryl methyl sites for hydroxylation is 1. The van der Waals surface area contributed by atoms with Crippen molar-refractivity contribution in [1.29, 1.82) is 0 Å². The van der Waals surface area contributed by atoms with Crippen LogP contribution in [0.1, 0.15) is 29.3 Å². The Morgan fingerprint density at radius 2 is 2.17 bits per heavy atom. The first-order valence-corrected chi connectivity index (χ1v) is 4.32. The van der Waals surface area contributed by atoms with Crippen LogP contribution in [-0.2, 0) is 0 Å². The fourth-order valence-electron chi connectivity index (χ4n) is 1.04. The van der Waals surface area contributed by atoms with Crippen molar-refractivity contribution in [2.24, 2.45) is 0 Å². The third-order valence-corrected chi connectivity index (χ3v) is 2.06. The van der Waals surface area contributed by atoms with E-state index in [0.717, 1.165) is 5.56 Å². The average Bonchev–Trinajstić information content (AvgIpc) is 2.03. The lowest BCUT2D eigenvalue weighted by Gasteiger charge is -2.01. The second-order valence-electron chi connectivity index (χ2n) is 2.76. The first kappa shape index (κ1) is 9.27. The maximum Gasteiger partial charge on any atom is 0.164 e. The van der Waals surface area contributed by atoms with Crippen LogP contribution in [0, 0.1) is 6.92 Å². The summed E-state index contributed by atoms with van der Waals surface area (Å²) < 4.78 is 0. The number of benzene rings is 1. The minimum atomic E-state index is 0.0972. The molecule has 0 radical (unpaired) electrons. The normalized spacial score (nSPS) is 9.92. The highest BCUT2D eigenvalue weighted by molar-refractivity contribution is 6.34. The van der Waals surface area contributed by atoms with E-state index < -0.39 is 0 Å². The number of carbonyl (C=O) groups is 1. The monoisotopic (exact) mass is 182 g/mol. The zero-order chi connectivity index (χ0) is 9.14. The maximum absolute atomic E-state index is 11.3. The lowest BCUT2D eigenvalue weighted by molar-refractivity contribution is 0.0988. The number of ketones is 1. The van der Waals surface area contributed by atoms with Crippen molar-refractivity contribution in [3.63, 3.8) is 0 Å². The highest BCUT2D eigenvalue weighted by Crippen LogP contribution is 2.18. The van der Waals surface area contributed by atoms with Crippen LogP contribution < -0.4 is 0 Å². The molecule has 0 unspecified atom stereocenters. The molecule has 1 aromatic rings. The second-order valence-corrected chi connectivity index (χ2v) is 3.17. The van der Waals surface area contributed by atoms with Crippen molar-refractivity contribution >= 4 is 17.4 Å². The smallest absolute Gasteiger partial charge is 0.164 e. The van der Waals surface area contributed by atoms with E-state index in [4.69, 9.17) is 11.6 Å². The lowest BCUT2D eigenvalue weighted by Crippen LogP contribution is -1.97. The van der Waals surface area contributed by atoms with Gasteiger partial charge in [-0.3, -0.25) is 4.79 Å². The van der Waals surface area contributed by atoms with Crippen molar-refractivity contribution in [3.8, 4) is 0 Å². The number of hydrogen-bond donors (Lipinski definition) is 0. The Balaban J connectivity index is 3.09. The summed E-state index contributed by atoms with van der Waals surface area (Å²) in [5, 5.41) is 0.557. The molecule has 0 spiro atoms. The van der Waals surface area contributed by atoms with Gasteiger partial charge in [0.15, 0.2) is 5.78 Å². The molecule has 12 heavy (non-hydrogen) atoms. The lowest BCUT2D eigenvalue weighted by atomic mass is 10.1. The van der Waals surface area contributed by atoms with E-state index in [0.29, 0.717) is 17.0 Å². The molecule has 0 N–H and O–H groups in total. The Bertz CT molecular complexity index is 305. The van der Waals surface area contributed by atoms with Gasteiger partial charge in [-0.15, -0.1) is 0 Å². The van der Waals surface area contributed by atoms with Crippen molar-refractivity contribution in [3.05, 3.63) is 34.3 Å². The molecule has 0 atom stereocenters. The van der Waals surface area contributed by atoms with Gasteiger partial charge in [0.2, 0.25) is 0 Å². The van der Waals surface area contributed by atoms with Gasteiger partial charge in [-0.05, 0) is 24.6 Å². The first-order valence-electron chi connectivity index (χ1n) is 3.94. The molecular weight excluding hydrogens is 172 g/mol. The number of rotatable bonds is 2. The van der Waals surface area contributed by atoms with Crippen LogP contribution in [0.25, 0.3) is 0 Å². The fraction of sp³-hybridized carbons (Fsp3) is 0.300. The van der Waals surface area contributed by atoms with Crippen molar-refractivity contribution in [1.82, 2.24) is 0 Å². The minimum absolute atomic E-state index is 0.0972. The molecule has 0 aromatic heterocycles. The zero-order valence-electron chi connectivity index (χ0n) is 7.23. The van der Waals surface area contributed by atoms with E-state index in [-0.39, 0.29) is 5.78 Å². The van der Waals surface area contributed by atoms with E-state index in [9.17, 15) is 4.79 Å². The molecule has 0 saturated heterocycles. The molecule has 64 valence electrons. The van der Waals surface area contributed by atoms with Crippen LogP contribution in [0.4, 0.5) is 0 Å². The van der Waals surface area contributed by atoms with E-state index in [1.807, 2.05) is 26.0 Å². The third kappa shape index (κ3) is 1.86. The van der Waals surface area contributed by atoms with Gasteiger partial charge in [-0.25, -0.2) is 0 Å². The largest absolute Gasteiger partial charge is 0.294 e. The van der Waals surface area contributed by atoms with Gasteiger partial charge in [-0.1, -0.05) is 24.6 Å². The molecule has 0 heterocycles. The molecule has 0 aliphatic carbocycles. The van der Waals surface area contributed by atoms with Crippen molar-refractivity contribution < 1.29 is 4.79 Å². The third-order valence-electron chi connectivity index (χ3n) is 1.75. The summed E-state index contributed by atoms with van der Waals surface area (Å²) in [6, 6.07) is 5.49. The van der Waals surface area contributed by atoms with Gasteiger partial charge in [0.25, 0.3) is 0 Å². The molecule has 1 aromatic carbocycles. The molecule has 0 bridgehead atoms. The summed E-state index contributed by atoms with van der Waals surface area (Å²) in [5.74, 6) is 0.0972. The summed E-state index contributed by atoms with van der Waals surface area (Å²) in [6.45, 7) is 3.78. The molecule has 0 aliphatic rings. The van der Waals surface area contributed by atoms with E-state index in [2.05, 4.69) is 0 Å². The topological polar surface area (TPSA) is 17.1 Å². The zero-order valence-corrected chi connectivity index (χ0v) is 7.98. The minimum Gasteiger partial charge on any atom is -0.294 e. The molecular formula is C10H11ClO. The number of Topliss-reactive ketones (excluding diaryl/α,β-unsaturated/α-hetero) is 1. The Kier molecular flexibility index (Phi) is 2.88. The van der Waals surface area contributed by atoms with Crippen LogP contribution in [0.2, 0.25) is 5.02 Å².